The second-order valence-electron chi connectivity index (χ2n) is 4.59. The van der Waals surface area contributed by atoms with E-state index in [1.54, 1.807) is 0 Å². The first-order valence-electron chi connectivity index (χ1n) is 7.04. The zero-order valence-corrected chi connectivity index (χ0v) is 13.0. The number of aromatic nitrogens is 2. The summed E-state index contributed by atoms with van der Waals surface area (Å²) in [5, 5.41) is 9.66. The molecule has 3 rings (SSSR count). The predicted octanol–water partition coefficient (Wildman–Crippen LogP) is 4.04. The number of hydrogen-bond acceptors (Lipinski definition) is 4. The molecule has 0 amide bonds. The molecular weight excluding hydrogens is 294 g/mol. The van der Waals surface area contributed by atoms with Gasteiger partial charge < -0.3 is 4.74 Å². The molecule has 0 bridgehead atoms. The predicted molar refractivity (Wildman–Crippen MR) is 88.6 cm³/mol. The van der Waals surface area contributed by atoms with E-state index in [0.717, 1.165) is 27.6 Å². The summed E-state index contributed by atoms with van der Waals surface area (Å²) in [5.41, 5.74) is 2.97. The Hall–Kier alpha value is -2.45. The van der Waals surface area contributed by atoms with Gasteiger partial charge in [0.25, 0.3) is 0 Å². The van der Waals surface area contributed by atoms with Crippen LogP contribution in [0.3, 0.4) is 0 Å². The number of rotatable bonds is 5. The molecule has 22 heavy (non-hydrogen) atoms. The highest BCUT2D eigenvalue weighted by atomic mass is 32.2. The summed E-state index contributed by atoms with van der Waals surface area (Å²) in [7, 11) is 0. The monoisotopic (exact) mass is 309 g/mol. The van der Waals surface area contributed by atoms with Crippen molar-refractivity contribution >= 4 is 22.8 Å². The largest absolute Gasteiger partial charge is 0.494 e. The lowest BCUT2D eigenvalue weighted by molar-refractivity contribution is 0.340. The highest BCUT2D eigenvalue weighted by molar-refractivity contribution is 7.99. The molecule has 0 saturated carbocycles. The van der Waals surface area contributed by atoms with Gasteiger partial charge in [0.05, 0.1) is 29.5 Å². The van der Waals surface area contributed by atoms with Crippen LogP contribution in [0, 0.1) is 11.3 Å². The maximum Gasteiger partial charge on any atom is 0.174 e. The minimum atomic E-state index is 0.375. The summed E-state index contributed by atoms with van der Waals surface area (Å²) < 4.78 is 7.56. The Labute approximate surface area is 133 Å². The number of nitrogens with zero attached hydrogens (tertiary/aromatic N) is 3. The van der Waals surface area contributed by atoms with Crippen LogP contribution >= 0.6 is 11.8 Å². The third kappa shape index (κ3) is 2.78. The molecule has 0 atom stereocenters. The second kappa shape index (κ2) is 6.54. The molecule has 1 aromatic heterocycles. The number of nitriles is 1. The van der Waals surface area contributed by atoms with E-state index in [1.165, 1.54) is 11.8 Å². The molecule has 0 fully saturated rings. The van der Waals surface area contributed by atoms with Crippen molar-refractivity contribution in [2.24, 2.45) is 0 Å². The van der Waals surface area contributed by atoms with Crippen LogP contribution in [0.15, 0.2) is 53.7 Å². The molecule has 0 aliphatic rings. The smallest absolute Gasteiger partial charge is 0.174 e. The van der Waals surface area contributed by atoms with E-state index in [-0.39, 0.29) is 0 Å². The van der Waals surface area contributed by atoms with Crippen molar-refractivity contribution in [1.82, 2.24) is 9.55 Å². The van der Waals surface area contributed by atoms with Crippen molar-refractivity contribution in [2.45, 2.75) is 12.1 Å². The molecule has 0 saturated heterocycles. The van der Waals surface area contributed by atoms with Crippen LogP contribution in [0.4, 0.5) is 0 Å². The number of para-hydroxylation sites is 2. The summed E-state index contributed by atoms with van der Waals surface area (Å²) in [6, 6.07) is 18.1. The minimum absolute atomic E-state index is 0.375. The molecule has 0 spiro atoms. The summed E-state index contributed by atoms with van der Waals surface area (Å²) in [6.07, 6.45) is 0. The maximum atomic E-state index is 8.83. The number of benzene rings is 2. The Bertz CT molecular complexity index is 818. The number of imidazole rings is 1. The Kier molecular flexibility index (Phi) is 4.31. The van der Waals surface area contributed by atoms with Gasteiger partial charge in [0, 0.05) is 5.69 Å². The Morgan fingerprint density at radius 1 is 1.18 bits per heavy atom. The second-order valence-corrected chi connectivity index (χ2v) is 5.53. The van der Waals surface area contributed by atoms with Crippen LogP contribution in [0.5, 0.6) is 5.75 Å². The average molecular weight is 309 g/mol. The summed E-state index contributed by atoms with van der Waals surface area (Å²) in [6.45, 7) is 2.62. The van der Waals surface area contributed by atoms with E-state index in [2.05, 4.69) is 15.6 Å². The first kappa shape index (κ1) is 14.5. The summed E-state index contributed by atoms with van der Waals surface area (Å²) >= 11 is 1.44. The first-order valence-corrected chi connectivity index (χ1v) is 8.02. The van der Waals surface area contributed by atoms with Crippen molar-refractivity contribution < 1.29 is 4.74 Å². The van der Waals surface area contributed by atoms with E-state index in [4.69, 9.17) is 10.00 Å². The van der Waals surface area contributed by atoms with E-state index < -0.39 is 0 Å². The Morgan fingerprint density at radius 2 is 1.95 bits per heavy atom. The summed E-state index contributed by atoms with van der Waals surface area (Å²) in [4.78, 5) is 4.63. The minimum Gasteiger partial charge on any atom is -0.494 e. The van der Waals surface area contributed by atoms with Gasteiger partial charge in [-0.25, -0.2) is 4.98 Å². The molecule has 110 valence electrons. The molecule has 0 radical (unpaired) electrons. The van der Waals surface area contributed by atoms with E-state index in [9.17, 15) is 0 Å². The van der Waals surface area contributed by atoms with Gasteiger partial charge in [-0.2, -0.15) is 5.26 Å². The molecule has 0 unspecified atom stereocenters. The van der Waals surface area contributed by atoms with Crippen molar-refractivity contribution in [2.75, 3.05) is 12.4 Å². The molecule has 0 aliphatic heterocycles. The molecule has 3 aromatic rings. The summed E-state index contributed by atoms with van der Waals surface area (Å²) in [5.74, 6) is 1.22. The number of ether oxygens (including phenoxy) is 1. The zero-order valence-electron chi connectivity index (χ0n) is 12.2. The van der Waals surface area contributed by atoms with Crippen LogP contribution in [0.2, 0.25) is 0 Å². The fourth-order valence-corrected chi connectivity index (χ4v) is 2.99. The van der Waals surface area contributed by atoms with Crippen LogP contribution in [0.25, 0.3) is 16.7 Å². The molecular formula is C17H15N3OS. The van der Waals surface area contributed by atoms with E-state index in [1.807, 2.05) is 55.5 Å². The van der Waals surface area contributed by atoms with Crippen LogP contribution in [-0.2, 0) is 0 Å². The highest BCUT2D eigenvalue weighted by Crippen LogP contribution is 2.28. The lowest BCUT2D eigenvalue weighted by Crippen LogP contribution is -1.97. The zero-order chi connectivity index (χ0) is 15.4. The molecule has 0 N–H and O–H groups in total. The highest BCUT2D eigenvalue weighted by Gasteiger charge is 2.12. The first-order chi connectivity index (χ1) is 10.8. The quantitative estimate of drug-likeness (QED) is 0.667. The van der Waals surface area contributed by atoms with Gasteiger partial charge in [-0.15, -0.1) is 0 Å². The van der Waals surface area contributed by atoms with Crippen LogP contribution in [-0.4, -0.2) is 21.9 Å². The van der Waals surface area contributed by atoms with Crippen molar-refractivity contribution in [3.8, 4) is 17.5 Å². The normalized spacial score (nSPS) is 10.5. The molecule has 5 heteroatoms. The lowest BCUT2D eigenvalue weighted by Gasteiger charge is -2.09. The van der Waals surface area contributed by atoms with Gasteiger partial charge >= 0.3 is 0 Å². The van der Waals surface area contributed by atoms with Crippen molar-refractivity contribution in [1.29, 1.82) is 5.26 Å². The van der Waals surface area contributed by atoms with Gasteiger partial charge in [0.1, 0.15) is 5.75 Å². The van der Waals surface area contributed by atoms with Gasteiger partial charge in [0.15, 0.2) is 5.16 Å². The SMILES string of the molecule is CCOc1ccc(-n2c(SCC#N)nc3ccccc32)cc1. The third-order valence-corrected chi connectivity index (χ3v) is 4.01. The molecule has 4 nitrogen and oxygen atoms in total. The number of fused-ring (bicyclic) bond motifs is 1. The third-order valence-electron chi connectivity index (χ3n) is 3.20. The van der Waals surface area contributed by atoms with Gasteiger partial charge in [0.2, 0.25) is 0 Å². The number of thioether (sulfide) groups is 1. The van der Waals surface area contributed by atoms with E-state index >= 15 is 0 Å². The molecule has 1 heterocycles. The molecule has 2 aromatic carbocycles. The van der Waals surface area contributed by atoms with Crippen LogP contribution in [0.1, 0.15) is 6.92 Å². The maximum absolute atomic E-state index is 8.83. The molecule has 0 aliphatic carbocycles. The van der Waals surface area contributed by atoms with Crippen molar-refractivity contribution in [3.05, 3.63) is 48.5 Å². The Balaban J connectivity index is 2.09. The lowest BCUT2D eigenvalue weighted by atomic mass is 10.2. The van der Waals surface area contributed by atoms with Crippen LogP contribution < -0.4 is 4.74 Å². The van der Waals surface area contributed by atoms with Gasteiger partial charge in [-0.3, -0.25) is 4.57 Å². The number of hydrogen-bond donors (Lipinski definition) is 0. The standard InChI is InChI=1S/C17H15N3OS/c1-2-21-14-9-7-13(8-10-14)20-16-6-4-3-5-15(16)19-17(20)22-12-11-18/h3-10H,2,12H2,1H3. The van der Waals surface area contributed by atoms with Gasteiger partial charge in [-0.1, -0.05) is 23.9 Å². The van der Waals surface area contributed by atoms with Crippen molar-refractivity contribution in [3.63, 3.8) is 0 Å². The fourth-order valence-electron chi connectivity index (χ4n) is 2.31. The van der Waals surface area contributed by atoms with E-state index in [0.29, 0.717) is 12.4 Å². The topological polar surface area (TPSA) is 50.8 Å². The fraction of sp³-hybridized carbons (Fsp3) is 0.176. The average Bonchev–Trinajstić information content (AvgIpc) is 2.92. The van der Waals surface area contributed by atoms with Gasteiger partial charge in [-0.05, 0) is 43.3 Å². The Morgan fingerprint density at radius 3 is 2.68 bits per heavy atom.